The maximum absolute atomic E-state index is 12.5. The number of hydrogen-bond donors (Lipinski definition) is 0. The van der Waals surface area contributed by atoms with Crippen LogP contribution in [0.4, 0.5) is 0 Å². The van der Waals surface area contributed by atoms with Crippen molar-refractivity contribution in [1.82, 2.24) is 9.47 Å². The highest BCUT2D eigenvalue weighted by Gasteiger charge is 2.21. The molecule has 0 atom stereocenters. The van der Waals surface area contributed by atoms with Gasteiger partial charge in [-0.2, -0.15) is 0 Å². The average molecular weight is 268 g/mol. The quantitative estimate of drug-likeness (QED) is 0.820. The zero-order valence-electron chi connectivity index (χ0n) is 12.0. The molecule has 1 aromatic heterocycles. The van der Waals surface area contributed by atoms with Crippen molar-refractivity contribution < 1.29 is 4.79 Å². The highest BCUT2D eigenvalue weighted by molar-refractivity contribution is 5.94. The third-order valence-corrected chi connectivity index (χ3v) is 4.00. The van der Waals surface area contributed by atoms with Gasteiger partial charge < -0.3 is 9.47 Å². The van der Waals surface area contributed by atoms with Crippen LogP contribution in [0.3, 0.4) is 0 Å². The highest BCUT2D eigenvalue weighted by atomic mass is 16.2. The summed E-state index contributed by atoms with van der Waals surface area (Å²) in [6.07, 6.45) is 2.08. The molecular weight excluding hydrogens is 248 g/mol. The van der Waals surface area contributed by atoms with Crippen molar-refractivity contribution in [3.8, 4) is 0 Å². The Labute approximate surface area is 119 Å². The van der Waals surface area contributed by atoms with Gasteiger partial charge >= 0.3 is 0 Å². The van der Waals surface area contributed by atoms with Crippen LogP contribution < -0.4 is 0 Å². The largest absolute Gasteiger partial charge is 0.348 e. The van der Waals surface area contributed by atoms with Crippen LogP contribution in [0.15, 0.2) is 42.6 Å². The number of rotatable bonds is 2. The molecule has 1 amide bonds. The molecule has 0 unspecified atom stereocenters. The van der Waals surface area contributed by atoms with E-state index in [0.29, 0.717) is 12.5 Å². The number of benzene rings is 1. The van der Waals surface area contributed by atoms with E-state index >= 15 is 0 Å². The minimum atomic E-state index is 0.132. The van der Waals surface area contributed by atoms with Crippen LogP contribution in [-0.4, -0.2) is 21.9 Å². The average Bonchev–Trinajstić information content (AvgIpc) is 2.94. The van der Waals surface area contributed by atoms with E-state index in [1.807, 2.05) is 23.1 Å². The van der Waals surface area contributed by atoms with Gasteiger partial charge in [-0.15, -0.1) is 0 Å². The summed E-state index contributed by atoms with van der Waals surface area (Å²) in [6.45, 7) is 6.70. The second-order valence-electron chi connectivity index (χ2n) is 5.70. The van der Waals surface area contributed by atoms with Gasteiger partial charge in [-0.3, -0.25) is 4.79 Å². The van der Waals surface area contributed by atoms with Crippen LogP contribution in [0, 0.1) is 0 Å². The number of fused-ring (bicyclic) bond motifs is 1. The van der Waals surface area contributed by atoms with Crippen LogP contribution in [0.1, 0.15) is 41.4 Å². The number of hydrogen-bond acceptors (Lipinski definition) is 1. The van der Waals surface area contributed by atoms with E-state index in [9.17, 15) is 4.79 Å². The molecule has 3 nitrogen and oxygen atoms in total. The van der Waals surface area contributed by atoms with E-state index in [-0.39, 0.29) is 5.91 Å². The summed E-state index contributed by atoms with van der Waals surface area (Å²) in [7, 11) is 0. The lowest BCUT2D eigenvalue weighted by Gasteiger charge is -2.28. The van der Waals surface area contributed by atoms with Crippen LogP contribution in [0.2, 0.25) is 0 Å². The summed E-state index contributed by atoms with van der Waals surface area (Å²) < 4.78 is 2.21. The minimum absolute atomic E-state index is 0.132. The predicted octanol–water partition coefficient (Wildman–Crippen LogP) is 3.27. The molecular formula is C17H20N2O. The van der Waals surface area contributed by atoms with Crippen molar-refractivity contribution >= 4 is 5.91 Å². The van der Waals surface area contributed by atoms with E-state index in [2.05, 4.69) is 42.8 Å². The Morgan fingerprint density at radius 2 is 1.85 bits per heavy atom. The van der Waals surface area contributed by atoms with Gasteiger partial charge in [-0.25, -0.2) is 0 Å². The highest BCUT2D eigenvalue weighted by Crippen LogP contribution is 2.18. The first-order chi connectivity index (χ1) is 9.65. The molecule has 2 heterocycles. The van der Waals surface area contributed by atoms with E-state index in [0.717, 1.165) is 18.7 Å². The molecule has 1 aliphatic rings. The minimum Gasteiger partial charge on any atom is -0.348 e. The molecule has 0 aliphatic carbocycles. The first-order valence-corrected chi connectivity index (χ1v) is 7.18. The van der Waals surface area contributed by atoms with Crippen molar-refractivity contribution in [2.24, 2.45) is 0 Å². The number of carbonyl (C=O) groups is 1. The molecule has 2 aromatic rings. The first-order valence-electron chi connectivity index (χ1n) is 7.18. The summed E-state index contributed by atoms with van der Waals surface area (Å²) in [5, 5.41) is 0. The molecule has 1 aromatic carbocycles. The monoisotopic (exact) mass is 268 g/mol. The molecule has 0 fully saturated rings. The maximum atomic E-state index is 12.5. The van der Waals surface area contributed by atoms with Gasteiger partial charge in [0.05, 0.1) is 6.54 Å². The smallest absolute Gasteiger partial charge is 0.254 e. The number of carbonyl (C=O) groups excluding carboxylic acids is 1. The number of aromatic nitrogens is 1. The zero-order chi connectivity index (χ0) is 14.1. The Bertz CT molecular complexity index is 610. The van der Waals surface area contributed by atoms with Gasteiger partial charge in [-0.1, -0.05) is 26.0 Å². The van der Waals surface area contributed by atoms with Crippen LogP contribution in [0.5, 0.6) is 0 Å². The third-order valence-electron chi connectivity index (χ3n) is 4.00. The fraction of sp³-hybridized carbons (Fsp3) is 0.353. The Balaban J connectivity index is 1.76. The fourth-order valence-electron chi connectivity index (χ4n) is 2.68. The lowest BCUT2D eigenvalue weighted by Crippen LogP contribution is -2.37. The van der Waals surface area contributed by atoms with Gasteiger partial charge in [0.1, 0.15) is 0 Å². The van der Waals surface area contributed by atoms with Crippen molar-refractivity contribution in [1.29, 1.82) is 0 Å². The molecule has 104 valence electrons. The van der Waals surface area contributed by atoms with Crippen molar-refractivity contribution in [2.75, 3.05) is 6.54 Å². The summed E-state index contributed by atoms with van der Waals surface area (Å²) in [4.78, 5) is 14.5. The van der Waals surface area contributed by atoms with E-state index in [1.54, 1.807) is 0 Å². The zero-order valence-corrected chi connectivity index (χ0v) is 12.0. The van der Waals surface area contributed by atoms with E-state index in [1.165, 1.54) is 11.3 Å². The van der Waals surface area contributed by atoms with E-state index in [4.69, 9.17) is 0 Å². The summed E-state index contributed by atoms with van der Waals surface area (Å²) in [5.74, 6) is 0.630. The standard InChI is InChI=1S/C17H20N2O/c1-13(2)14-5-7-15(8-6-14)17(20)19-11-10-18-9-3-4-16(18)12-19/h3-9,13H,10-12H2,1-2H3. The van der Waals surface area contributed by atoms with Crippen LogP contribution in [0.25, 0.3) is 0 Å². The molecule has 0 spiro atoms. The molecule has 20 heavy (non-hydrogen) atoms. The Morgan fingerprint density at radius 3 is 2.55 bits per heavy atom. The number of nitrogens with zero attached hydrogens (tertiary/aromatic N) is 2. The van der Waals surface area contributed by atoms with Crippen molar-refractivity contribution in [3.05, 3.63) is 59.4 Å². The van der Waals surface area contributed by atoms with Gasteiger partial charge in [0, 0.05) is 30.5 Å². The first kappa shape index (κ1) is 13.0. The summed E-state index contributed by atoms with van der Waals surface area (Å²) >= 11 is 0. The van der Waals surface area contributed by atoms with Gasteiger partial charge in [0.2, 0.25) is 0 Å². The fourth-order valence-corrected chi connectivity index (χ4v) is 2.68. The molecule has 0 saturated heterocycles. The number of amides is 1. The Hall–Kier alpha value is -2.03. The Kier molecular flexibility index (Phi) is 3.35. The molecule has 0 radical (unpaired) electrons. The van der Waals surface area contributed by atoms with Crippen LogP contribution >= 0.6 is 0 Å². The maximum Gasteiger partial charge on any atom is 0.254 e. The molecule has 0 bridgehead atoms. The molecule has 3 rings (SSSR count). The van der Waals surface area contributed by atoms with Crippen LogP contribution in [-0.2, 0) is 13.1 Å². The van der Waals surface area contributed by atoms with E-state index < -0.39 is 0 Å². The summed E-state index contributed by atoms with van der Waals surface area (Å²) in [5.41, 5.74) is 3.27. The topological polar surface area (TPSA) is 25.2 Å². The van der Waals surface area contributed by atoms with Gasteiger partial charge in [-0.05, 0) is 35.7 Å². The third kappa shape index (κ3) is 2.36. The molecule has 0 saturated carbocycles. The Morgan fingerprint density at radius 1 is 1.10 bits per heavy atom. The molecule has 3 heteroatoms. The lowest BCUT2D eigenvalue weighted by molar-refractivity contribution is 0.0711. The second-order valence-corrected chi connectivity index (χ2v) is 5.70. The van der Waals surface area contributed by atoms with Crippen molar-refractivity contribution in [3.63, 3.8) is 0 Å². The van der Waals surface area contributed by atoms with Gasteiger partial charge in [0.25, 0.3) is 5.91 Å². The second kappa shape index (κ2) is 5.16. The molecule has 0 N–H and O–H groups in total. The normalized spacial score (nSPS) is 14.4. The predicted molar refractivity (Wildman–Crippen MR) is 79.7 cm³/mol. The SMILES string of the molecule is CC(C)c1ccc(C(=O)N2CCn3cccc3C2)cc1. The van der Waals surface area contributed by atoms with Crippen molar-refractivity contribution in [2.45, 2.75) is 32.9 Å². The van der Waals surface area contributed by atoms with Gasteiger partial charge in [0.15, 0.2) is 0 Å². The lowest BCUT2D eigenvalue weighted by atomic mass is 10.0. The summed E-state index contributed by atoms with van der Waals surface area (Å²) in [6, 6.07) is 12.1. The molecule has 1 aliphatic heterocycles.